The van der Waals surface area contributed by atoms with Crippen LogP contribution in [0.15, 0.2) is 30.4 Å². The fraction of sp³-hybridized carbons (Fsp3) is 0.607. The van der Waals surface area contributed by atoms with Crippen molar-refractivity contribution in [2.24, 2.45) is 5.92 Å². The first kappa shape index (κ1) is 32.0. The lowest BCUT2D eigenvalue weighted by Gasteiger charge is -2.28. The third-order valence-corrected chi connectivity index (χ3v) is 5.68. The quantitative estimate of drug-likeness (QED) is 0.217. The number of amides is 3. The van der Waals surface area contributed by atoms with E-state index in [0.717, 1.165) is 35.9 Å². The molecule has 0 heterocycles. The van der Waals surface area contributed by atoms with Crippen molar-refractivity contribution in [1.82, 2.24) is 15.1 Å². The Kier molecular flexibility index (Phi) is 13.7. The van der Waals surface area contributed by atoms with Crippen molar-refractivity contribution in [2.75, 3.05) is 62.0 Å². The number of carbonyl (C=O) groups excluding carboxylic acids is 3. The monoisotopic (exact) mass is 519 g/mol. The van der Waals surface area contributed by atoms with Gasteiger partial charge in [-0.05, 0) is 42.9 Å². The minimum absolute atomic E-state index is 0.0000145. The second kappa shape index (κ2) is 15.9. The zero-order valence-corrected chi connectivity index (χ0v) is 24.0. The Bertz CT molecular complexity index is 908. The van der Waals surface area contributed by atoms with E-state index in [1.54, 1.807) is 30.1 Å². The highest BCUT2D eigenvalue weighted by atomic mass is 16.6. The van der Waals surface area contributed by atoms with Crippen LogP contribution >= 0.6 is 0 Å². The summed E-state index contributed by atoms with van der Waals surface area (Å²) in [6.07, 6.45) is 6.99. The minimum Gasteiger partial charge on any atom is -0.493 e. The summed E-state index contributed by atoms with van der Waals surface area (Å²) < 4.78 is 11.6. The Labute approximate surface area is 223 Å². The van der Waals surface area contributed by atoms with Crippen LogP contribution in [0.3, 0.4) is 0 Å². The van der Waals surface area contributed by atoms with Crippen molar-refractivity contribution in [3.05, 3.63) is 35.9 Å². The number of quaternary nitrogens is 1. The number of hydrogen-bond acceptors (Lipinski definition) is 5. The van der Waals surface area contributed by atoms with Gasteiger partial charge in [0.2, 0.25) is 11.8 Å². The summed E-state index contributed by atoms with van der Waals surface area (Å²) in [4.78, 5) is 40.0. The zero-order valence-electron chi connectivity index (χ0n) is 24.0. The van der Waals surface area contributed by atoms with Gasteiger partial charge in [0.25, 0.3) is 0 Å². The van der Waals surface area contributed by atoms with E-state index in [0.29, 0.717) is 31.2 Å². The number of hydrogen-bond donors (Lipinski definition) is 1. The maximum atomic E-state index is 12.6. The normalized spacial score (nSPS) is 11.5. The van der Waals surface area contributed by atoms with Crippen LogP contribution in [-0.4, -0.2) is 94.2 Å². The number of ether oxygens (including phenoxy) is 2. The van der Waals surface area contributed by atoms with Crippen LogP contribution in [0.1, 0.15) is 45.1 Å². The highest BCUT2D eigenvalue weighted by Crippen LogP contribution is 2.28. The van der Waals surface area contributed by atoms with Crippen LogP contribution < -0.4 is 14.8 Å². The molecule has 0 aliphatic rings. The van der Waals surface area contributed by atoms with Gasteiger partial charge >= 0.3 is 6.09 Å². The lowest BCUT2D eigenvalue weighted by Crippen LogP contribution is -2.45. The van der Waals surface area contributed by atoms with E-state index in [4.69, 9.17) is 9.47 Å². The highest BCUT2D eigenvalue weighted by Gasteiger charge is 2.20. The Morgan fingerprint density at radius 2 is 1.76 bits per heavy atom. The van der Waals surface area contributed by atoms with Gasteiger partial charge in [-0.15, -0.1) is 0 Å². The van der Waals surface area contributed by atoms with Crippen LogP contribution in [0.5, 0.6) is 11.5 Å². The molecule has 37 heavy (non-hydrogen) atoms. The van der Waals surface area contributed by atoms with E-state index in [9.17, 15) is 14.4 Å². The summed E-state index contributed by atoms with van der Waals surface area (Å²) in [5, 5.41) is 2.92. The van der Waals surface area contributed by atoms with E-state index >= 15 is 0 Å². The first-order valence-electron chi connectivity index (χ1n) is 12.9. The molecule has 9 nitrogen and oxygen atoms in total. The number of nitrogens with zero attached hydrogens (tertiary/aromatic N) is 3. The second-order valence-corrected chi connectivity index (χ2v) is 10.7. The molecule has 0 unspecified atom stereocenters. The maximum absolute atomic E-state index is 12.6. The molecule has 1 aromatic carbocycles. The van der Waals surface area contributed by atoms with E-state index in [1.807, 2.05) is 0 Å². The Hall–Kier alpha value is -3.07. The fourth-order valence-electron chi connectivity index (χ4n) is 3.25. The third kappa shape index (κ3) is 13.7. The topological polar surface area (TPSA) is 88.2 Å². The van der Waals surface area contributed by atoms with Crippen molar-refractivity contribution >= 4 is 17.9 Å². The molecule has 0 aliphatic heterocycles. The van der Waals surface area contributed by atoms with Crippen LogP contribution in [0, 0.1) is 5.92 Å². The Balaban J connectivity index is 2.54. The molecule has 1 aromatic rings. The molecule has 0 bridgehead atoms. The summed E-state index contributed by atoms with van der Waals surface area (Å²) in [5.74, 6) is 1.000. The number of methoxy groups -OCH3 is 1. The Morgan fingerprint density at radius 1 is 1.05 bits per heavy atom. The van der Waals surface area contributed by atoms with Gasteiger partial charge in [-0.3, -0.25) is 9.59 Å². The Morgan fingerprint density at radius 3 is 2.38 bits per heavy atom. The summed E-state index contributed by atoms with van der Waals surface area (Å²) in [7, 11) is 10.9. The summed E-state index contributed by atoms with van der Waals surface area (Å²) in [5.41, 5.74) is 0.826. The average molecular weight is 520 g/mol. The number of likely N-dealkylation sites (N-methyl/N-ethyl adjacent to an activating group) is 3. The number of benzene rings is 1. The van der Waals surface area contributed by atoms with Crippen molar-refractivity contribution < 1.29 is 28.3 Å². The second-order valence-electron chi connectivity index (χ2n) is 10.7. The molecule has 0 saturated carbocycles. The molecule has 0 spiro atoms. The fourth-order valence-corrected chi connectivity index (χ4v) is 3.25. The molecule has 0 aliphatic carbocycles. The molecular weight excluding hydrogens is 472 g/mol. The maximum Gasteiger partial charge on any atom is 0.415 e. The van der Waals surface area contributed by atoms with Crippen LogP contribution in [0.2, 0.25) is 0 Å². The molecule has 9 heteroatoms. The molecule has 0 aromatic heterocycles. The number of unbranched alkanes of at least 4 members (excludes halogenated alkanes) is 2. The van der Waals surface area contributed by atoms with Gasteiger partial charge < -0.3 is 29.1 Å². The van der Waals surface area contributed by atoms with Crippen LogP contribution in [0.4, 0.5) is 4.79 Å². The van der Waals surface area contributed by atoms with Gasteiger partial charge in [0, 0.05) is 27.1 Å². The van der Waals surface area contributed by atoms with Crippen molar-refractivity contribution in [3.63, 3.8) is 0 Å². The standard InChI is InChI=1S/C28H46N4O5/c1-22(2)13-11-9-10-12-14-26(33)29-20-23-15-16-24(25(19-23)36-8)37-28(35)31(4)21-27(34)30(3)17-18-32(5,6)7/h11,13,15-16,19,22H,9-10,12,14,17-18,20-21H2,1-8H3/p+1/b13-11+. The van der Waals surface area contributed by atoms with Gasteiger partial charge in [-0.2, -0.15) is 0 Å². The van der Waals surface area contributed by atoms with E-state index in [2.05, 4.69) is 52.5 Å². The molecule has 3 amide bonds. The number of carbonyl (C=O) groups is 3. The van der Waals surface area contributed by atoms with E-state index < -0.39 is 6.09 Å². The molecule has 1 N–H and O–H groups in total. The first-order chi connectivity index (χ1) is 17.3. The lowest BCUT2D eigenvalue weighted by molar-refractivity contribution is -0.869. The zero-order chi connectivity index (χ0) is 28.0. The largest absolute Gasteiger partial charge is 0.493 e. The molecule has 0 atom stereocenters. The molecule has 208 valence electrons. The SMILES string of the molecule is COc1cc(CNC(=O)CCCC/C=C/C(C)C)ccc1OC(=O)N(C)CC(=O)N(C)CC[N+](C)(C)C. The molecule has 0 radical (unpaired) electrons. The summed E-state index contributed by atoms with van der Waals surface area (Å²) >= 11 is 0. The van der Waals surface area contributed by atoms with Crippen molar-refractivity contribution in [2.45, 2.75) is 46.1 Å². The molecular formula is C28H47N4O5+. The number of nitrogens with one attached hydrogen (secondary N) is 1. The predicted molar refractivity (Wildman–Crippen MR) is 146 cm³/mol. The average Bonchev–Trinajstić information content (AvgIpc) is 2.83. The predicted octanol–water partition coefficient (Wildman–Crippen LogP) is 3.68. The van der Waals surface area contributed by atoms with E-state index in [1.165, 1.54) is 19.1 Å². The molecule has 0 saturated heterocycles. The first-order valence-corrected chi connectivity index (χ1v) is 12.9. The van der Waals surface area contributed by atoms with Gasteiger partial charge in [0.15, 0.2) is 11.5 Å². The number of allylic oxidation sites excluding steroid dienone is 2. The van der Waals surface area contributed by atoms with Crippen LogP contribution in [0.25, 0.3) is 0 Å². The van der Waals surface area contributed by atoms with Crippen molar-refractivity contribution in [1.29, 1.82) is 0 Å². The number of rotatable bonds is 15. The minimum atomic E-state index is -0.657. The molecule has 1 rings (SSSR count). The van der Waals surface area contributed by atoms with Gasteiger partial charge in [0.05, 0.1) is 41.3 Å². The van der Waals surface area contributed by atoms with Crippen molar-refractivity contribution in [3.8, 4) is 11.5 Å². The smallest absolute Gasteiger partial charge is 0.415 e. The van der Waals surface area contributed by atoms with Gasteiger partial charge in [-0.1, -0.05) is 32.1 Å². The highest BCUT2D eigenvalue weighted by molar-refractivity contribution is 5.82. The third-order valence-electron chi connectivity index (χ3n) is 5.68. The lowest BCUT2D eigenvalue weighted by atomic mass is 10.1. The molecule has 0 fully saturated rings. The van der Waals surface area contributed by atoms with E-state index in [-0.39, 0.29) is 24.1 Å². The van der Waals surface area contributed by atoms with Gasteiger partial charge in [0.1, 0.15) is 6.54 Å². The summed E-state index contributed by atoms with van der Waals surface area (Å²) in [6, 6.07) is 5.12. The summed E-state index contributed by atoms with van der Waals surface area (Å²) in [6.45, 7) is 5.94. The van der Waals surface area contributed by atoms with Gasteiger partial charge in [-0.25, -0.2) is 4.79 Å². The van der Waals surface area contributed by atoms with Crippen LogP contribution in [-0.2, 0) is 16.1 Å².